The molecule has 0 aromatic rings. The topological polar surface area (TPSA) is 55.1 Å². The molecule has 13 heavy (non-hydrogen) atoms. The summed E-state index contributed by atoms with van der Waals surface area (Å²) in [5.41, 5.74) is 5.05. The minimum Gasteiger partial charge on any atom is -0.370 e. The number of nitrogens with one attached hydrogen (secondary N) is 1. The van der Waals surface area contributed by atoms with E-state index in [2.05, 4.69) is 12.2 Å². The summed E-state index contributed by atoms with van der Waals surface area (Å²) in [5.74, 6) is 0.596. The number of hydrogen-bond acceptors (Lipinski definition) is 2. The molecule has 3 nitrogen and oxygen atoms in total. The zero-order valence-electron chi connectivity index (χ0n) is 8.38. The number of nitrogens with two attached hydrogens (primary N) is 1. The first-order valence-electron chi connectivity index (χ1n) is 5.22. The first-order chi connectivity index (χ1) is 6.20. The number of carbonyl (C=O) groups excluding carboxylic acids is 1. The Kier molecular flexibility index (Phi) is 4.22. The number of primary amides is 1. The van der Waals surface area contributed by atoms with Crippen LogP contribution in [0.15, 0.2) is 0 Å². The standard InChI is InChI=1S/C10H20N2O/c1-8(9-4-2-3-5-9)12-7-6-10(11)13/h8-9,12H,2-7H2,1H3,(H2,11,13). The summed E-state index contributed by atoms with van der Waals surface area (Å²) in [6.07, 6.45) is 5.87. The highest BCUT2D eigenvalue weighted by molar-refractivity contribution is 5.73. The largest absolute Gasteiger partial charge is 0.370 e. The first kappa shape index (κ1) is 10.5. The van der Waals surface area contributed by atoms with Crippen LogP contribution in [0.1, 0.15) is 39.0 Å². The van der Waals surface area contributed by atoms with Gasteiger partial charge in [-0.05, 0) is 25.7 Å². The van der Waals surface area contributed by atoms with Crippen LogP contribution >= 0.6 is 0 Å². The van der Waals surface area contributed by atoms with Crippen LogP contribution in [-0.2, 0) is 4.79 Å². The summed E-state index contributed by atoms with van der Waals surface area (Å²) in [6.45, 7) is 2.93. The molecule has 1 aliphatic carbocycles. The fraction of sp³-hybridized carbons (Fsp3) is 0.900. The van der Waals surface area contributed by atoms with Gasteiger partial charge in [-0.1, -0.05) is 12.8 Å². The van der Waals surface area contributed by atoms with Crippen LogP contribution < -0.4 is 11.1 Å². The van der Waals surface area contributed by atoms with E-state index in [1.807, 2.05) is 0 Å². The molecule has 0 radical (unpaired) electrons. The molecule has 1 fully saturated rings. The highest BCUT2D eigenvalue weighted by Crippen LogP contribution is 2.27. The van der Waals surface area contributed by atoms with Gasteiger partial charge >= 0.3 is 0 Å². The van der Waals surface area contributed by atoms with Crippen LogP contribution in [0.4, 0.5) is 0 Å². The molecular weight excluding hydrogens is 164 g/mol. The van der Waals surface area contributed by atoms with Crippen LogP contribution in [0.3, 0.4) is 0 Å². The lowest BCUT2D eigenvalue weighted by molar-refractivity contribution is -0.117. The third kappa shape index (κ3) is 3.77. The van der Waals surface area contributed by atoms with Crippen molar-refractivity contribution in [2.45, 2.75) is 45.1 Å². The molecule has 1 saturated carbocycles. The lowest BCUT2D eigenvalue weighted by atomic mass is 10.00. The van der Waals surface area contributed by atoms with Crippen molar-refractivity contribution in [2.24, 2.45) is 11.7 Å². The average Bonchev–Trinajstić information content (AvgIpc) is 2.55. The maximum Gasteiger partial charge on any atom is 0.218 e. The molecule has 3 heteroatoms. The molecule has 76 valence electrons. The van der Waals surface area contributed by atoms with Gasteiger partial charge in [0.2, 0.25) is 5.91 Å². The number of rotatable bonds is 5. The van der Waals surface area contributed by atoms with E-state index in [9.17, 15) is 4.79 Å². The van der Waals surface area contributed by atoms with Crippen molar-refractivity contribution in [3.05, 3.63) is 0 Å². The van der Waals surface area contributed by atoms with Gasteiger partial charge in [0.05, 0.1) is 0 Å². The third-order valence-corrected chi connectivity index (χ3v) is 2.94. The Morgan fingerprint density at radius 1 is 1.54 bits per heavy atom. The molecule has 0 spiro atoms. The second kappa shape index (κ2) is 5.22. The van der Waals surface area contributed by atoms with Gasteiger partial charge in [0.1, 0.15) is 0 Å². The van der Waals surface area contributed by atoms with E-state index < -0.39 is 0 Å². The van der Waals surface area contributed by atoms with Crippen molar-refractivity contribution in [3.63, 3.8) is 0 Å². The van der Waals surface area contributed by atoms with Crippen molar-refractivity contribution >= 4 is 5.91 Å². The molecule has 0 heterocycles. The first-order valence-corrected chi connectivity index (χ1v) is 5.22. The van der Waals surface area contributed by atoms with Gasteiger partial charge in [0.25, 0.3) is 0 Å². The molecule has 0 aromatic carbocycles. The molecule has 1 rings (SSSR count). The zero-order chi connectivity index (χ0) is 9.68. The van der Waals surface area contributed by atoms with Crippen LogP contribution in [0.5, 0.6) is 0 Å². The Morgan fingerprint density at radius 2 is 2.15 bits per heavy atom. The van der Waals surface area contributed by atoms with Crippen molar-refractivity contribution in [3.8, 4) is 0 Å². The minimum absolute atomic E-state index is 0.217. The molecule has 1 amide bonds. The predicted octanol–water partition coefficient (Wildman–Crippen LogP) is 1.03. The van der Waals surface area contributed by atoms with E-state index in [-0.39, 0.29) is 5.91 Å². The van der Waals surface area contributed by atoms with E-state index in [0.717, 1.165) is 12.5 Å². The Labute approximate surface area is 80.1 Å². The molecule has 0 aliphatic heterocycles. The SMILES string of the molecule is CC(NCCC(N)=O)C1CCCC1. The van der Waals surface area contributed by atoms with Gasteiger partial charge in [-0.2, -0.15) is 0 Å². The molecule has 0 aromatic heterocycles. The summed E-state index contributed by atoms with van der Waals surface area (Å²) >= 11 is 0. The number of amides is 1. The fourth-order valence-corrected chi connectivity index (χ4v) is 2.05. The van der Waals surface area contributed by atoms with Crippen LogP contribution in [0.2, 0.25) is 0 Å². The normalized spacial score (nSPS) is 20.4. The maximum atomic E-state index is 10.5. The maximum absolute atomic E-state index is 10.5. The molecular formula is C10H20N2O. The summed E-state index contributed by atoms with van der Waals surface area (Å²) in [5, 5.41) is 3.36. The fourth-order valence-electron chi connectivity index (χ4n) is 2.05. The quantitative estimate of drug-likeness (QED) is 0.670. The van der Waals surface area contributed by atoms with Crippen molar-refractivity contribution < 1.29 is 4.79 Å². The molecule has 1 aliphatic rings. The Balaban J connectivity index is 2.09. The molecule has 0 bridgehead atoms. The van der Waals surface area contributed by atoms with E-state index >= 15 is 0 Å². The van der Waals surface area contributed by atoms with Crippen LogP contribution in [0.25, 0.3) is 0 Å². The van der Waals surface area contributed by atoms with Gasteiger partial charge in [-0.25, -0.2) is 0 Å². The van der Waals surface area contributed by atoms with Crippen LogP contribution in [0, 0.1) is 5.92 Å². The average molecular weight is 184 g/mol. The van der Waals surface area contributed by atoms with E-state index in [1.54, 1.807) is 0 Å². The van der Waals surface area contributed by atoms with Crippen molar-refractivity contribution in [2.75, 3.05) is 6.54 Å². The Morgan fingerprint density at radius 3 is 2.69 bits per heavy atom. The minimum atomic E-state index is -0.217. The second-order valence-corrected chi connectivity index (χ2v) is 4.00. The summed E-state index contributed by atoms with van der Waals surface area (Å²) in [6, 6.07) is 0.543. The molecule has 1 atom stereocenters. The zero-order valence-corrected chi connectivity index (χ0v) is 8.38. The van der Waals surface area contributed by atoms with Crippen molar-refractivity contribution in [1.82, 2.24) is 5.32 Å². The van der Waals surface area contributed by atoms with Gasteiger partial charge in [0.15, 0.2) is 0 Å². The lowest BCUT2D eigenvalue weighted by Crippen LogP contribution is -2.34. The lowest BCUT2D eigenvalue weighted by Gasteiger charge is -2.19. The smallest absolute Gasteiger partial charge is 0.218 e. The Bertz CT molecular complexity index is 164. The predicted molar refractivity (Wildman–Crippen MR) is 53.2 cm³/mol. The number of carbonyl (C=O) groups is 1. The van der Waals surface area contributed by atoms with E-state index in [0.29, 0.717) is 12.5 Å². The summed E-state index contributed by atoms with van der Waals surface area (Å²) < 4.78 is 0. The van der Waals surface area contributed by atoms with E-state index in [1.165, 1.54) is 25.7 Å². The van der Waals surface area contributed by atoms with Gasteiger partial charge < -0.3 is 11.1 Å². The highest BCUT2D eigenvalue weighted by Gasteiger charge is 2.20. The monoisotopic (exact) mass is 184 g/mol. The Hall–Kier alpha value is -0.570. The van der Waals surface area contributed by atoms with E-state index in [4.69, 9.17) is 5.73 Å². The highest BCUT2D eigenvalue weighted by atomic mass is 16.1. The summed E-state index contributed by atoms with van der Waals surface area (Å²) in [7, 11) is 0. The molecule has 0 saturated heterocycles. The van der Waals surface area contributed by atoms with Gasteiger partial charge in [0, 0.05) is 19.0 Å². The molecule has 3 N–H and O–H groups in total. The third-order valence-electron chi connectivity index (χ3n) is 2.94. The van der Waals surface area contributed by atoms with Crippen molar-refractivity contribution in [1.29, 1.82) is 0 Å². The summed E-state index contributed by atoms with van der Waals surface area (Å²) in [4.78, 5) is 10.5. The molecule has 1 unspecified atom stereocenters. The van der Waals surface area contributed by atoms with Crippen LogP contribution in [-0.4, -0.2) is 18.5 Å². The number of hydrogen-bond donors (Lipinski definition) is 2. The van der Waals surface area contributed by atoms with Gasteiger partial charge in [-0.15, -0.1) is 0 Å². The van der Waals surface area contributed by atoms with Gasteiger partial charge in [-0.3, -0.25) is 4.79 Å². The second-order valence-electron chi connectivity index (χ2n) is 4.00.